The van der Waals surface area contributed by atoms with Crippen LogP contribution in [-0.4, -0.2) is 19.0 Å². The highest BCUT2D eigenvalue weighted by Crippen LogP contribution is 2.14. The van der Waals surface area contributed by atoms with Gasteiger partial charge in [0.2, 0.25) is 5.91 Å². The van der Waals surface area contributed by atoms with Crippen molar-refractivity contribution in [3.8, 4) is 0 Å². The zero-order valence-electron chi connectivity index (χ0n) is 10.3. The van der Waals surface area contributed by atoms with Crippen LogP contribution < -0.4 is 10.6 Å². The predicted molar refractivity (Wildman–Crippen MR) is 73.7 cm³/mol. The lowest BCUT2D eigenvalue weighted by Gasteiger charge is -2.09. The van der Waals surface area contributed by atoms with Gasteiger partial charge in [0.05, 0.1) is 6.54 Å². The van der Waals surface area contributed by atoms with Gasteiger partial charge < -0.3 is 10.6 Å². The molecule has 0 saturated heterocycles. The maximum Gasteiger partial charge on any atom is 0.233 e. The molecule has 0 radical (unpaired) electrons. The maximum atomic E-state index is 11.4. The quantitative estimate of drug-likeness (QED) is 0.846. The number of halogens is 1. The molecule has 0 saturated carbocycles. The summed E-state index contributed by atoms with van der Waals surface area (Å²) in [5.41, 5.74) is 1.16. The minimum absolute atomic E-state index is 0.0470. The third kappa shape index (κ3) is 5.84. The van der Waals surface area contributed by atoms with Crippen LogP contribution in [0.15, 0.2) is 28.7 Å². The van der Waals surface area contributed by atoms with Crippen molar-refractivity contribution in [3.63, 3.8) is 0 Å². The monoisotopic (exact) mass is 298 g/mol. The normalized spacial score (nSPS) is 10.6. The Morgan fingerprint density at radius 1 is 1.35 bits per heavy atom. The summed E-state index contributed by atoms with van der Waals surface area (Å²) < 4.78 is 1.06. The number of benzene rings is 1. The average molecular weight is 299 g/mol. The van der Waals surface area contributed by atoms with Gasteiger partial charge in [0.15, 0.2) is 0 Å². The number of carbonyl (C=O) groups excluding carboxylic acids is 1. The van der Waals surface area contributed by atoms with E-state index in [0.29, 0.717) is 19.0 Å². The molecule has 17 heavy (non-hydrogen) atoms. The first-order chi connectivity index (χ1) is 8.09. The van der Waals surface area contributed by atoms with E-state index in [2.05, 4.69) is 40.4 Å². The first kappa shape index (κ1) is 14.2. The van der Waals surface area contributed by atoms with Crippen molar-refractivity contribution in [2.24, 2.45) is 5.92 Å². The summed E-state index contributed by atoms with van der Waals surface area (Å²) in [6, 6.07) is 7.99. The summed E-state index contributed by atoms with van der Waals surface area (Å²) in [6.45, 7) is 5.93. The minimum atomic E-state index is 0.0470. The van der Waals surface area contributed by atoms with E-state index in [0.717, 1.165) is 16.6 Å². The van der Waals surface area contributed by atoms with Crippen LogP contribution in [0.2, 0.25) is 0 Å². The van der Waals surface area contributed by atoms with Crippen molar-refractivity contribution in [3.05, 3.63) is 34.3 Å². The van der Waals surface area contributed by atoms with E-state index in [1.54, 1.807) is 0 Å². The van der Waals surface area contributed by atoms with Crippen LogP contribution in [0.4, 0.5) is 0 Å². The second-order valence-electron chi connectivity index (χ2n) is 4.39. The van der Waals surface area contributed by atoms with Gasteiger partial charge in [-0.1, -0.05) is 48.0 Å². The number of rotatable bonds is 6. The van der Waals surface area contributed by atoms with E-state index >= 15 is 0 Å². The van der Waals surface area contributed by atoms with Gasteiger partial charge in [-0.2, -0.15) is 0 Å². The Morgan fingerprint density at radius 3 is 2.71 bits per heavy atom. The van der Waals surface area contributed by atoms with E-state index in [1.165, 1.54) is 0 Å². The molecule has 2 N–H and O–H groups in total. The molecule has 1 aromatic rings. The SMILES string of the molecule is CC(C)CNC(=O)CNCc1ccccc1Br. The second kappa shape index (κ2) is 7.45. The molecule has 94 valence electrons. The van der Waals surface area contributed by atoms with Crippen LogP contribution in [0.5, 0.6) is 0 Å². The molecule has 3 nitrogen and oxygen atoms in total. The third-order valence-corrected chi connectivity index (χ3v) is 3.04. The highest BCUT2D eigenvalue weighted by molar-refractivity contribution is 9.10. The van der Waals surface area contributed by atoms with Crippen molar-refractivity contribution in [1.29, 1.82) is 0 Å². The lowest BCUT2D eigenvalue weighted by atomic mass is 10.2. The Labute approximate surface area is 111 Å². The summed E-state index contributed by atoms with van der Waals surface area (Å²) in [7, 11) is 0. The summed E-state index contributed by atoms with van der Waals surface area (Å²) in [4.78, 5) is 11.4. The Kier molecular flexibility index (Phi) is 6.22. The van der Waals surface area contributed by atoms with Crippen LogP contribution in [0.1, 0.15) is 19.4 Å². The smallest absolute Gasteiger partial charge is 0.233 e. The zero-order valence-corrected chi connectivity index (χ0v) is 11.9. The lowest BCUT2D eigenvalue weighted by molar-refractivity contribution is -0.120. The van der Waals surface area contributed by atoms with Crippen molar-refractivity contribution in [2.45, 2.75) is 20.4 Å². The molecule has 0 aliphatic rings. The summed E-state index contributed by atoms with van der Waals surface area (Å²) in [5.74, 6) is 0.535. The molecule has 0 spiro atoms. The van der Waals surface area contributed by atoms with Crippen molar-refractivity contribution < 1.29 is 4.79 Å². The first-order valence-corrected chi connectivity index (χ1v) is 6.59. The average Bonchev–Trinajstić information content (AvgIpc) is 2.29. The highest BCUT2D eigenvalue weighted by atomic mass is 79.9. The van der Waals surface area contributed by atoms with Gasteiger partial charge in [0.1, 0.15) is 0 Å². The fourth-order valence-electron chi connectivity index (χ4n) is 1.33. The zero-order chi connectivity index (χ0) is 12.7. The molecule has 0 bridgehead atoms. The van der Waals surface area contributed by atoms with E-state index in [4.69, 9.17) is 0 Å². The Bertz CT molecular complexity index is 366. The van der Waals surface area contributed by atoms with E-state index < -0.39 is 0 Å². The second-order valence-corrected chi connectivity index (χ2v) is 5.25. The predicted octanol–water partition coefficient (Wildman–Crippen LogP) is 2.31. The van der Waals surface area contributed by atoms with Crippen LogP contribution in [-0.2, 0) is 11.3 Å². The Balaban J connectivity index is 2.24. The van der Waals surface area contributed by atoms with Crippen LogP contribution in [0.3, 0.4) is 0 Å². The van der Waals surface area contributed by atoms with E-state index in [-0.39, 0.29) is 5.91 Å². The Hall–Kier alpha value is -0.870. The Morgan fingerprint density at radius 2 is 2.06 bits per heavy atom. The third-order valence-electron chi connectivity index (χ3n) is 2.27. The molecule has 0 aliphatic carbocycles. The molecule has 1 aromatic carbocycles. The largest absolute Gasteiger partial charge is 0.355 e. The van der Waals surface area contributed by atoms with Gasteiger partial charge in [-0.15, -0.1) is 0 Å². The highest BCUT2D eigenvalue weighted by Gasteiger charge is 2.02. The molecule has 4 heteroatoms. The van der Waals surface area contributed by atoms with Gasteiger partial charge in [-0.05, 0) is 17.5 Å². The summed E-state index contributed by atoms with van der Waals surface area (Å²) in [5, 5.41) is 5.99. The van der Waals surface area contributed by atoms with Gasteiger partial charge in [-0.3, -0.25) is 4.79 Å². The van der Waals surface area contributed by atoms with E-state index in [1.807, 2.05) is 24.3 Å². The molecule has 1 amide bonds. The van der Waals surface area contributed by atoms with Crippen molar-refractivity contribution >= 4 is 21.8 Å². The summed E-state index contributed by atoms with van der Waals surface area (Å²) >= 11 is 3.47. The number of amides is 1. The lowest BCUT2D eigenvalue weighted by Crippen LogP contribution is -2.35. The number of hydrogen-bond donors (Lipinski definition) is 2. The first-order valence-electron chi connectivity index (χ1n) is 5.80. The molecule has 0 heterocycles. The van der Waals surface area contributed by atoms with E-state index in [9.17, 15) is 4.79 Å². The molecule has 0 atom stereocenters. The molecule has 0 fully saturated rings. The summed E-state index contributed by atoms with van der Waals surface area (Å²) in [6.07, 6.45) is 0. The molecule has 0 aromatic heterocycles. The molecule has 1 rings (SSSR count). The number of nitrogens with one attached hydrogen (secondary N) is 2. The van der Waals surface area contributed by atoms with Gasteiger partial charge in [0.25, 0.3) is 0 Å². The molecule has 0 unspecified atom stereocenters. The van der Waals surface area contributed by atoms with Crippen LogP contribution in [0.25, 0.3) is 0 Å². The fourth-order valence-corrected chi connectivity index (χ4v) is 1.76. The standard InChI is InChI=1S/C13H19BrN2O/c1-10(2)7-16-13(17)9-15-8-11-5-3-4-6-12(11)14/h3-6,10,15H,7-9H2,1-2H3,(H,16,17). The number of hydrogen-bond acceptors (Lipinski definition) is 2. The molecular formula is C13H19BrN2O. The van der Waals surface area contributed by atoms with Gasteiger partial charge in [0, 0.05) is 17.6 Å². The molecular weight excluding hydrogens is 280 g/mol. The van der Waals surface area contributed by atoms with Crippen molar-refractivity contribution in [2.75, 3.05) is 13.1 Å². The van der Waals surface area contributed by atoms with Crippen LogP contribution >= 0.6 is 15.9 Å². The maximum absolute atomic E-state index is 11.4. The molecule has 0 aliphatic heterocycles. The van der Waals surface area contributed by atoms with Crippen molar-refractivity contribution in [1.82, 2.24) is 10.6 Å². The van der Waals surface area contributed by atoms with Gasteiger partial charge in [-0.25, -0.2) is 0 Å². The van der Waals surface area contributed by atoms with Gasteiger partial charge >= 0.3 is 0 Å². The number of carbonyl (C=O) groups is 1. The minimum Gasteiger partial charge on any atom is -0.355 e. The fraction of sp³-hybridized carbons (Fsp3) is 0.462. The topological polar surface area (TPSA) is 41.1 Å². The van der Waals surface area contributed by atoms with Crippen LogP contribution in [0, 0.1) is 5.92 Å².